The highest BCUT2D eigenvalue weighted by Gasteiger charge is 2.17. The van der Waals surface area contributed by atoms with E-state index in [4.69, 9.17) is 14.0 Å². The van der Waals surface area contributed by atoms with E-state index in [0.717, 1.165) is 17.9 Å². The number of aromatic nitrogens is 3. The highest BCUT2D eigenvalue weighted by molar-refractivity contribution is 5.69. The molecule has 7 nitrogen and oxygen atoms in total. The van der Waals surface area contributed by atoms with Crippen molar-refractivity contribution in [2.45, 2.75) is 6.92 Å². The van der Waals surface area contributed by atoms with E-state index in [2.05, 4.69) is 22.0 Å². The molecule has 0 radical (unpaired) electrons. The third kappa shape index (κ3) is 3.26. The number of nitrogens with zero attached hydrogens (tertiary/aromatic N) is 4. The molecule has 1 aromatic carbocycles. The molecule has 2 heterocycles. The molecule has 0 spiro atoms. The number of pyridine rings is 1. The number of rotatable bonds is 6. The van der Waals surface area contributed by atoms with E-state index < -0.39 is 0 Å². The van der Waals surface area contributed by atoms with Crippen molar-refractivity contribution < 1.29 is 14.0 Å². The van der Waals surface area contributed by atoms with E-state index in [1.807, 2.05) is 42.3 Å². The fourth-order valence-corrected chi connectivity index (χ4v) is 2.41. The number of ether oxygens (including phenoxy) is 2. The Balaban J connectivity index is 1.93. The van der Waals surface area contributed by atoms with Gasteiger partial charge in [-0.15, -0.1) is 0 Å². The lowest BCUT2D eigenvalue weighted by Crippen LogP contribution is -2.16. The Morgan fingerprint density at radius 2 is 1.96 bits per heavy atom. The van der Waals surface area contributed by atoms with Crippen LogP contribution in [0, 0.1) is 0 Å². The van der Waals surface area contributed by atoms with Crippen LogP contribution in [0.5, 0.6) is 11.5 Å². The van der Waals surface area contributed by atoms with Crippen molar-refractivity contribution in [3.8, 4) is 34.3 Å². The van der Waals surface area contributed by atoms with Gasteiger partial charge < -0.3 is 18.9 Å². The predicted molar refractivity (Wildman–Crippen MR) is 95.0 cm³/mol. The van der Waals surface area contributed by atoms with Gasteiger partial charge in [0.05, 0.1) is 25.3 Å². The first kappa shape index (κ1) is 16.8. The lowest BCUT2D eigenvalue weighted by molar-refractivity contribution is 0.355. The molecule has 3 aromatic rings. The second-order valence-corrected chi connectivity index (χ2v) is 5.38. The lowest BCUT2D eigenvalue weighted by atomic mass is 10.1. The molecule has 7 heteroatoms. The van der Waals surface area contributed by atoms with Crippen molar-refractivity contribution in [1.29, 1.82) is 0 Å². The van der Waals surface area contributed by atoms with Gasteiger partial charge in [-0.25, -0.2) is 4.98 Å². The first-order valence-electron chi connectivity index (χ1n) is 7.90. The molecule has 2 aromatic heterocycles. The minimum absolute atomic E-state index is 0.401. The first-order valence-corrected chi connectivity index (χ1v) is 7.90. The van der Waals surface area contributed by atoms with E-state index in [-0.39, 0.29) is 0 Å². The first-order chi connectivity index (χ1) is 12.2. The maximum Gasteiger partial charge on any atom is 0.259 e. The molecule has 0 saturated heterocycles. The van der Waals surface area contributed by atoms with Crippen molar-refractivity contribution >= 4 is 5.82 Å². The molecule has 0 aliphatic rings. The standard InChI is InChI=1S/C18H20N4O3/c1-5-22(2)15-10-9-12(11-19-15)18-20-17(21-25-18)13-7-6-8-14(23-3)16(13)24-4/h6-11H,5H2,1-4H3. The minimum Gasteiger partial charge on any atom is -0.493 e. The summed E-state index contributed by atoms with van der Waals surface area (Å²) in [7, 11) is 5.15. The number of anilines is 1. The van der Waals surface area contributed by atoms with Crippen LogP contribution in [-0.2, 0) is 0 Å². The normalized spacial score (nSPS) is 10.6. The second kappa shape index (κ2) is 7.21. The topological polar surface area (TPSA) is 73.5 Å². The Kier molecular flexibility index (Phi) is 4.83. The van der Waals surface area contributed by atoms with Gasteiger partial charge in [0.2, 0.25) is 5.82 Å². The second-order valence-electron chi connectivity index (χ2n) is 5.38. The lowest BCUT2D eigenvalue weighted by Gasteiger charge is -2.14. The van der Waals surface area contributed by atoms with Gasteiger partial charge in [-0.2, -0.15) is 4.98 Å². The summed E-state index contributed by atoms with van der Waals surface area (Å²) >= 11 is 0. The fourth-order valence-electron chi connectivity index (χ4n) is 2.41. The van der Waals surface area contributed by atoms with Crippen molar-refractivity contribution in [1.82, 2.24) is 15.1 Å². The van der Waals surface area contributed by atoms with Gasteiger partial charge >= 0.3 is 0 Å². The average Bonchev–Trinajstić information content (AvgIpc) is 3.16. The molecule has 0 unspecified atom stereocenters. The van der Waals surface area contributed by atoms with Crippen LogP contribution in [0.1, 0.15) is 6.92 Å². The summed E-state index contributed by atoms with van der Waals surface area (Å²) in [5, 5.41) is 4.06. The zero-order valence-electron chi connectivity index (χ0n) is 14.7. The molecule has 0 N–H and O–H groups in total. The summed E-state index contributed by atoms with van der Waals surface area (Å²) in [6.45, 7) is 2.95. The van der Waals surface area contributed by atoms with Crippen molar-refractivity contribution in [2.24, 2.45) is 0 Å². The van der Waals surface area contributed by atoms with E-state index >= 15 is 0 Å². The van der Waals surface area contributed by atoms with Gasteiger partial charge in [-0.05, 0) is 31.2 Å². The quantitative estimate of drug-likeness (QED) is 0.682. The third-order valence-corrected chi connectivity index (χ3v) is 3.93. The summed E-state index contributed by atoms with van der Waals surface area (Å²) in [6.07, 6.45) is 1.72. The smallest absolute Gasteiger partial charge is 0.259 e. The van der Waals surface area contributed by atoms with Crippen molar-refractivity contribution in [2.75, 3.05) is 32.7 Å². The van der Waals surface area contributed by atoms with Gasteiger partial charge in [0.25, 0.3) is 5.89 Å². The maximum atomic E-state index is 5.43. The van der Waals surface area contributed by atoms with Crippen LogP contribution in [0.15, 0.2) is 41.1 Å². The number of benzene rings is 1. The Bertz CT molecular complexity index is 846. The molecule has 0 atom stereocenters. The SMILES string of the molecule is CCN(C)c1ccc(-c2nc(-c3cccc(OC)c3OC)no2)cn1. The van der Waals surface area contributed by atoms with Crippen LogP contribution >= 0.6 is 0 Å². The van der Waals surface area contributed by atoms with Crippen LogP contribution in [0.25, 0.3) is 22.8 Å². The van der Waals surface area contributed by atoms with Crippen LogP contribution in [0.4, 0.5) is 5.82 Å². The molecule has 25 heavy (non-hydrogen) atoms. The Morgan fingerprint density at radius 3 is 2.60 bits per heavy atom. The third-order valence-electron chi connectivity index (χ3n) is 3.93. The monoisotopic (exact) mass is 340 g/mol. The predicted octanol–water partition coefficient (Wildman–Crippen LogP) is 3.27. The molecule has 0 saturated carbocycles. The molecule has 0 aliphatic heterocycles. The van der Waals surface area contributed by atoms with E-state index in [0.29, 0.717) is 28.8 Å². The van der Waals surface area contributed by atoms with E-state index in [9.17, 15) is 0 Å². The number of hydrogen-bond acceptors (Lipinski definition) is 7. The van der Waals surface area contributed by atoms with Crippen LogP contribution in [-0.4, -0.2) is 42.9 Å². The average molecular weight is 340 g/mol. The largest absolute Gasteiger partial charge is 0.493 e. The zero-order chi connectivity index (χ0) is 17.8. The molecule has 0 aliphatic carbocycles. The molecule has 0 amide bonds. The highest BCUT2D eigenvalue weighted by Crippen LogP contribution is 2.37. The zero-order valence-corrected chi connectivity index (χ0v) is 14.7. The van der Waals surface area contributed by atoms with Crippen LogP contribution in [0.2, 0.25) is 0 Å². The Labute approximate surface area is 146 Å². The van der Waals surface area contributed by atoms with E-state index in [1.54, 1.807) is 20.4 Å². The highest BCUT2D eigenvalue weighted by atomic mass is 16.5. The van der Waals surface area contributed by atoms with Crippen LogP contribution < -0.4 is 14.4 Å². The summed E-state index contributed by atoms with van der Waals surface area (Å²) in [6, 6.07) is 9.36. The minimum atomic E-state index is 0.401. The van der Waals surface area contributed by atoms with Gasteiger partial charge in [-0.3, -0.25) is 0 Å². The van der Waals surface area contributed by atoms with Gasteiger partial charge in [0.1, 0.15) is 5.82 Å². The number of hydrogen-bond donors (Lipinski definition) is 0. The maximum absolute atomic E-state index is 5.43. The molecule has 0 bridgehead atoms. The summed E-state index contributed by atoms with van der Waals surface area (Å²) < 4.78 is 16.1. The van der Waals surface area contributed by atoms with Crippen molar-refractivity contribution in [3.05, 3.63) is 36.5 Å². The summed E-state index contributed by atoms with van der Waals surface area (Å²) in [5.74, 6) is 2.90. The van der Waals surface area contributed by atoms with Crippen LogP contribution in [0.3, 0.4) is 0 Å². The molecule has 0 fully saturated rings. The number of para-hydroxylation sites is 1. The summed E-state index contributed by atoms with van der Waals surface area (Å²) in [4.78, 5) is 10.9. The van der Waals surface area contributed by atoms with Crippen molar-refractivity contribution in [3.63, 3.8) is 0 Å². The van der Waals surface area contributed by atoms with Gasteiger partial charge in [0.15, 0.2) is 11.5 Å². The molecule has 130 valence electrons. The molecule has 3 rings (SSSR count). The van der Waals surface area contributed by atoms with Gasteiger partial charge in [0, 0.05) is 19.8 Å². The van der Waals surface area contributed by atoms with Gasteiger partial charge in [-0.1, -0.05) is 11.2 Å². The fraction of sp³-hybridized carbons (Fsp3) is 0.278. The molecular weight excluding hydrogens is 320 g/mol. The van der Waals surface area contributed by atoms with E-state index in [1.165, 1.54) is 0 Å². The molecular formula is C18H20N4O3. The Morgan fingerprint density at radius 1 is 1.12 bits per heavy atom. The Hall–Kier alpha value is -3.09. The summed E-state index contributed by atoms with van der Waals surface area (Å²) in [5.41, 5.74) is 1.46. The number of methoxy groups -OCH3 is 2.